The molecule has 1 aromatic carbocycles. The van der Waals surface area contributed by atoms with Crippen molar-refractivity contribution in [2.75, 3.05) is 6.54 Å². The second-order valence-corrected chi connectivity index (χ2v) is 4.26. The maximum atomic E-state index is 5.83. The van der Waals surface area contributed by atoms with Crippen LogP contribution in [-0.2, 0) is 13.0 Å². The Bertz CT molecular complexity index is 454. The largest absolute Gasteiger partial charge is 0.488 e. The van der Waals surface area contributed by atoms with Gasteiger partial charge < -0.3 is 14.5 Å². The summed E-state index contributed by atoms with van der Waals surface area (Å²) in [5, 5.41) is 3.35. The first-order valence-corrected chi connectivity index (χ1v) is 5.89. The summed E-state index contributed by atoms with van der Waals surface area (Å²) in [4.78, 5) is 0. The van der Waals surface area contributed by atoms with E-state index in [2.05, 4.69) is 17.4 Å². The van der Waals surface area contributed by atoms with E-state index >= 15 is 0 Å². The van der Waals surface area contributed by atoms with E-state index in [0.29, 0.717) is 0 Å². The van der Waals surface area contributed by atoms with Crippen molar-refractivity contribution >= 4 is 0 Å². The molecule has 88 valence electrons. The average Bonchev–Trinajstić information content (AvgIpc) is 2.96. The van der Waals surface area contributed by atoms with Crippen LogP contribution in [0.3, 0.4) is 0 Å². The minimum atomic E-state index is 0.238. The molecular formula is C14H15NO2. The third-order valence-electron chi connectivity index (χ3n) is 2.97. The van der Waals surface area contributed by atoms with E-state index in [0.717, 1.165) is 31.0 Å². The predicted molar refractivity (Wildman–Crippen MR) is 65.0 cm³/mol. The molecule has 1 atom stereocenters. The van der Waals surface area contributed by atoms with Gasteiger partial charge in [-0.15, -0.1) is 0 Å². The Balaban J connectivity index is 1.49. The normalized spacial score (nSPS) is 17.8. The number of furan rings is 1. The summed E-state index contributed by atoms with van der Waals surface area (Å²) in [5.41, 5.74) is 1.30. The van der Waals surface area contributed by atoms with Crippen molar-refractivity contribution in [3.63, 3.8) is 0 Å². The Morgan fingerprint density at radius 1 is 1.18 bits per heavy atom. The number of hydrogen-bond donors (Lipinski definition) is 1. The van der Waals surface area contributed by atoms with E-state index in [9.17, 15) is 0 Å². The van der Waals surface area contributed by atoms with E-state index in [-0.39, 0.29) is 6.10 Å². The molecule has 3 rings (SSSR count). The van der Waals surface area contributed by atoms with Crippen molar-refractivity contribution < 1.29 is 9.15 Å². The summed E-state index contributed by atoms with van der Waals surface area (Å²) in [6, 6.07) is 12.1. The highest BCUT2D eigenvalue weighted by Crippen LogP contribution is 2.27. The Morgan fingerprint density at radius 2 is 2.12 bits per heavy atom. The molecule has 2 heterocycles. The van der Waals surface area contributed by atoms with Crippen LogP contribution < -0.4 is 10.1 Å². The van der Waals surface area contributed by atoms with Crippen LogP contribution in [0.2, 0.25) is 0 Å². The molecule has 3 nitrogen and oxygen atoms in total. The maximum absolute atomic E-state index is 5.83. The zero-order valence-corrected chi connectivity index (χ0v) is 9.56. The number of ether oxygens (including phenoxy) is 1. The number of hydrogen-bond acceptors (Lipinski definition) is 3. The van der Waals surface area contributed by atoms with Gasteiger partial charge in [-0.3, -0.25) is 0 Å². The van der Waals surface area contributed by atoms with Gasteiger partial charge in [0.05, 0.1) is 12.8 Å². The van der Waals surface area contributed by atoms with Crippen LogP contribution in [0.4, 0.5) is 0 Å². The monoisotopic (exact) mass is 229 g/mol. The van der Waals surface area contributed by atoms with E-state index in [1.54, 1.807) is 6.26 Å². The van der Waals surface area contributed by atoms with Crippen molar-refractivity contribution in [3.8, 4) is 5.75 Å². The van der Waals surface area contributed by atoms with Gasteiger partial charge in [0, 0.05) is 13.0 Å². The third kappa shape index (κ3) is 2.34. The highest BCUT2D eigenvalue weighted by Gasteiger charge is 2.21. The zero-order valence-electron chi connectivity index (χ0n) is 9.56. The van der Waals surface area contributed by atoms with Crippen LogP contribution in [0.1, 0.15) is 11.3 Å². The molecule has 2 aromatic rings. The number of para-hydroxylation sites is 1. The van der Waals surface area contributed by atoms with Crippen molar-refractivity contribution in [3.05, 3.63) is 54.0 Å². The first kappa shape index (κ1) is 10.4. The van der Waals surface area contributed by atoms with Gasteiger partial charge in [-0.05, 0) is 23.8 Å². The van der Waals surface area contributed by atoms with Gasteiger partial charge in [0.15, 0.2) is 0 Å². The summed E-state index contributed by atoms with van der Waals surface area (Å²) in [5.74, 6) is 1.98. The van der Waals surface area contributed by atoms with Crippen molar-refractivity contribution in [1.29, 1.82) is 0 Å². The topological polar surface area (TPSA) is 34.4 Å². The van der Waals surface area contributed by atoms with Crippen molar-refractivity contribution in [2.24, 2.45) is 0 Å². The molecular weight excluding hydrogens is 214 g/mol. The van der Waals surface area contributed by atoms with Gasteiger partial charge in [0.25, 0.3) is 0 Å². The summed E-state index contributed by atoms with van der Waals surface area (Å²) in [7, 11) is 0. The lowest BCUT2D eigenvalue weighted by Gasteiger charge is -2.10. The molecule has 1 unspecified atom stereocenters. The van der Waals surface area contributed by atoms with Crippen LogP contribution >= 0.6 is 0 Å². The van der Waals surface area contributed by atoms with Gasteiger partial charge in [-0.2, -0.15) is 0 Å². The fourth-order valence-electron chi connectivity index (χ4n) is 2.14. The highest BCUT2D eigenvalue weighted by atomic mass is 16.5. The second kappa shape index (κ2) is 4.63. The molecule has 3 heteroatoms. The summed E-state index contributed by atoms with van der Waals surface area (Å²) in [6.07, 6.45) is 2.92. The Hall–Kier alpha value is -1.74. The SMILES string of the molecule is c1coc(CNCC2Cc3ccccc3O2)c1. The zero-order chi connectivity index (χ0) is 11.5. The van der Waals surface area contributed by atoms with Crippen molar-refractivity contribution in [1.82, 2.24) is 5.32 Å². The Kier molecular flexibility index (Phi) is 2.84. The van der Waals surface area contributed by atoms with Crippen molar-refractivity contribution in [2.45, 2.75) is 19.1 Å². The van der Waals surface area contributed by atoms with E-state index in [1.165, 1.54) is 5.56 Å². The molecule has 1 aliphatic heterocycles. The number of fused-ring (bicyclic) bond motifs is 1. The quantitative estimate of drug-likeness (QED) is 0.874. The molecule has 0 amide bonds. The second-order valence-electron chi connectivity index (χ2n) is 4.26. The first-order chi connectivity index (χ1) is 8.42. The van der Waals surface area contributed by atoms with Gasteiger partial charge in [0.1, 0.15) is 17.6 Å². The average molecular weight is 229 g/mol. The summed E-state index contributed by atoms with van der Waals surface area (Å²) >= 11 is 0. The maximum Gasteiger partial charge on any atom is 0.123 e. The molecule has 0 radical (unpaired) electrons. The lowest BCUT2D eigenvalue weighted by Crippen LogP contribution is -2.29. The molecule has 0 fully saturated rings. The standard InChI is InChI=1S/C14H15NO2/c1-2-6-14-11(4-1)8-13(17-14)10-15-9-12-5-3-7-16-12/h1-7,13,15H,8-10H2. The molecule has 1 aliphatic rings. The molecule has 17 heavy (non-hydrogen) atoms. The van der Waals surface area contributed by atoms with E-state index < -0.39 is 0 Å². The van der Waals surface area contributed by atoms with Crippen LogP contribution in [-0.4, -0.2) is 12.6 Å². The van der Waals surface area contributed by atoms with Crippen LogP contribution in [0, 0.1) is 0 Å². The highest BCUT2D eigenvalue weighted by molar-refractivity contribution is 5.37. The molecule has 0 aliphatic carbocycles. The Morgan fingerprint density at radius 3 is 2.94 bits per heavy atom. The lowest BCUT2D eigenvalue weighted by atomic mass is 10.1. The predicted octanol–water partition coefficient (Wildman–Crippen LogP) is 2.37. The van der Waals surface area contributed by atoms with Gasteiger partial charge >= 0.3 is 0 Å². The molecule has 1 aromatic heterocycles. The third-order valence-corrected chi connectivity index (χ3v) is 2.97. The fourth-order valence-corrected chi connectivity index (χ4v) is 2.14. The minimum absolute atomic E-state index is 0.238. The number of benzene rings is 1. The van der Waals surface area contributed by atoms with Gasteiger partial charge in [0.2, 0.25) is 0 Å². The molecule has 1 N–H and O–H groups in total. The van der Waals surface area contributed by atoms with Crippen LogP contribution in [0.15, 0.2) is 47.1 Å². The minimum Gasteiger partial charge on any atom is -0.488 e. The summed E-state index contributed by atoms with van der Waals surface area (Å²) in [6.45, 7) is 1.60. The molecule has 0 spiro atoms. The smallest absolute Gasteiger partial charge is 0.123 e. The molecule has 0 saturated heterocycles. The fraction of sp³-hybridized carbons (Fsp3) is 0.286. The molecule has 0 bridgehead atoms. The lowest BCUT2D eigenvalue weighted by molar-refractivity contribution is 0.226. The Labute approximate surface area is 100 Å². The van der Waals surface area contributed by atoms with E-state index in [4.69, 9.17) is 9.15 Å². The molecule has 0 saturated carbocycles. The van der Waals surface area contributed by atoms with Crippen LogP contribution in [0.5, 0.6) is 5.75 Å². The number of nitrogens with one attached hydrogen (secondary N) is 1. The van der Waals surface area contributed by atoms with Gasteiger partial charge in [-0.1, -0.05) is 18.2 Å². The number of rotatable bonds is 4. The van der Waals surface area contributed by atoms with E-state index in [1.807, 2.05) is 24.3 Å². The first-order valence-electron chi connectivity index (χ1n) is 5.89. The summed E-state index contributed by atoms with van der Waals surface area (Å²) < 4.78 is 11.1. The van der Waals surface area contributed by atoms with Crippen LogP contribution in [0.25, 0.3) is 0 Å². The van der Waals surface area contributed by atoms with Gasteiger partial charge in [-0.25, -0.2) is 0 Å².